The number of rotatable bonds is 7. The van der Waals surface area contributed by atoms with Crippen LogP contribution in [0.2, 0.25) is 0 Å². The molecule has 130 valence electrons. The summed E-state index contributed by atoms with van der Waals surface area (Å²) in [5.74, 6) is 1.65. The molecule has 0 unspecified atom stereocenters. The first kappa shape index (κ1) is 18.1. The maximum Gasteiger partial charge on any atom is 0.203 e. The van der Waals surface area contributed by atoms with Crippen molar-refractivity contribution in [3.8, 4) is 17.2 Å². The van der Waals surface area contributed by atoms with Crippen LogP contribution in [-0.4, -0.2) is 33.3 Å². The summed E-state index contributed by atoms with van der Waals surface area (Å²) in [6, 6.07) is 10.5. The van der Waals surface area contributed by atoms with Crippen LogP contribution in [0.1, 0.15) is 24.1 Å². The van der Waals surface area contributed by atoms with Crippen molar-refractivity contribution in [3.63, 3.8) is 0 Å². The van der Waals surface area contributed by atoms with Crippen LogP contribution in [0.3, 0.4) is 0 Å². The van der Waals surface area contributed by atoms with E-state index in [4.69, 9.17) is 14.2 Å². The van der Waals surface area contributed by atoms with Gasteiger partial charge in [0.05, 0.1) is 21.3 Å². The molecule has 5 heteroatoms. The van der Waals surface area contributed by atoms with Gasteiger partial charge >= 0.3 is 0 Å². The molecule has 0 saturated heterocycles. The largest absolute Gasteiger partial charge is 0.493 e. The predicted molar refractivity (Wildman–Crippen MR) is 92.4 cm³/mol. The third-order valence-corrected chi connectivity index (χ3v) is 4.22. The molecule has 0 spiro atoms. The van der Waals surface area contributed by atoms with Gasteiger partial charge in [-0.2, -0.15) is 0 Å². The maximum atomic E-state index is 13.1. The van der Waals surface area contributed by atoms with Gasteiger partial charge in [0, 0.05) is 18.2 Å². The van der Waals surface area contributed by atoms with Gasteiger partial charge in [0.25, 0.3) is 0 Å². The van der Waals surface area contributed by atoms with Crippen molar-refractivity contribution in [2.75, 3.05) is 28.4 Å². The second-order valence-electron chi connectivity index (χ2n) is 5.64. The molecule has 4 nitrogen and oxygen atoms in total. The van der Waals surface area contributed by atoms with E-state index < -0.39 is 0 Å². The van der Waals surface area contributed by atoms with Crippen LogP contribution in [0.15, 0.2) is 36.4 Å². The summed E-state index contributed by atoms with van der Waals surface area (Å²) in [5.41, 5.74) is 2.05. The number of nitrogens with zero attached hydrogens (tertiary/aromatic N) is 1. The van der Waals surface area contributed by atoms with Crippen molar-refractivity contribution in [3.05, 3.63) is 53.3 Å². The van der Waals surface area contributed by atoms with Gasteiger partial charge in [-0.25, -0.2) is 4.39 Å². The Morgan fingerprint density at radius 1 is 0.917 bits per heavy atom. The molecule has 2 aromatic carbocycles. The lowest BCUT2D eigenvalue weighted by Gasteiger charge is -2.26. The second kappa shape index (κ2) is 8.02. The fourth-order valence-corrected chi connectivity index (χ4v) is 2.69. The molecule has 0 amide bonds. The highest BCUT2D eigenvalue weighted by Crippen LogP contribution is 2.40. The summed E-state index contributed by atoms with van der Waals surface area (Å²) in [7, 11) is 6.82. The van der Waals surface area contributed by atoms with E-state index >= 15 is 0 Å². The molecule has 0 aliphatic carbocycles. The van der Waals surface area contributed by atoms with Crippen LogP contribution in [0.5, 0.6) is 17.2 Å². The fraction of sp³-hybridized carbons (Fsp3) is 0.368. The number of hydrogen-bond acceptors (Lipinski definition) is 4. The normalized spacial score (nSPS) is 12.1. The van der Waals surface area contributed by atoms with Crippen LogP contribution in [0.25, 0.3) is 0 Å². The van der Waals surface area contributed by atoms with E-state index in [0.29, 0.717) is 23.8 Å². The van der Waals surface area contributed by atoms with Crippen molar-refractivity contribution >= 4 is 0 Å². The summed E-state index contributed by atoms with van der Waals surface area (Å²) in [5, 5.41) is 0. The van der Waals surface area contributed by atoms with Gasteiger partial charge in [0.2, 0.25) is 5.75 Å². The number of halogens is 1. The van der Waals surface area contributed by atoms with Gasteiger partial charge in [0.1, 0.15) is 5.82 Å². The number of ether oxygens (including phenoxy) is 3. The minimum atomic E-state index is -0.227. The third-order valence-electron chi connectivity index (χ3n) is 4.22. The molecule has 0 fully saturated rings. The Balaban J connectivity index is 2.24. The Bertz CT molecular complexity index is 673. The molecule has 0 aliphatic rings. The van der Waals surface area contributed by atoms with Crippen molar-refractivity contribution in [1.29, 1.82) is 0 Å². The van der Waals surface area contributed by atoms with Crippen molar-refractivity contribution in [2.24, 2.45) is 0 Å². The first-order chi connectivity index (χ1) is 11.5. The average Bonchev–Trinajstić information content (AvgIpc) is 2.61. The number of hydrogen-bond donors (Lipinski definition) is 0. The van der Waals surface area contributed by atoms with Gasteiger partial charge in [-0.05, 0) is 37.7 Å². The lowest BCUT2D eigenvalue weighted by Crippen LogP contribution is -2.22. The molecule has 0 aromatic heterocycles. The third kappa shape index (κ3) is 3.79. The zero-order valence-corrected chi connectivity index (χ0v) is 14.8. The van der Waals surface area contributed by atoms with Crippen molar-refractivity contribution in [1.82, 2.24) is 4.90 Å². The summed E-state index contributed by atoms with van der Waals surface area (Å²) in [6.45, 7) is 2.74. The molecular weight excluding hydrogens is 309 g/mol. The van der Waals surface area contributed by atoms with E-state index in [2.05, 4.69) is 11.8 Å². The van der Waals surface area contributed by atoms with Gasteiger partial charge in [-0.3, -0.25) is 4.90 Å². The lowest BCUT2D eigenvalue weighted by molar-refractivity contribution is 0.246. The van der Waals surface area contributed by atoms with E-state index in [1.807, 2.05) is 31.3 Å². The van der Waals surface area contributed by atoms with Crippen molar-refractivity contribution < 1.29 is 18.6 Å². The quantitative estimate of drug-likeness (QED) is 0.765. The molecule has 0 heterocycles. The van der Waals surface area contributed by atoms with Crippen LogP contribution in [0, 0.1) is 5.82 Å². The predicted octanol–water partition coefficient (Wildman–Crippen LogP) is 4.04. The first-order valence-electron chi connectivity index (χ1n) is 7.75. The molecule has 0 radical (unpaired) electrons. The van der Waals surface area contributed by atoms with Crippen LogP contribution in [-0.2, 0) is 6.54 Å². The molecule has 0 aliphatic heterocycles. The van der Waals surface area contributed by atoms with Gasteiger partial charge < -0.3 is 14.2 Å². The topological polar surface area (TPSA) is 30.9 Å². The molecule has 0 N–H and O–H groups in total. The Morgan fingerprint density at radius 3 is 2.08 bits per heavy atom. The molecule has 1 atom stereocenters. The zero-order chi connectivity index (χ0) is 17.7. The summed E-state index contributed by atoms with van der Waals surface area (Å²) >= 11 is 0. The molecular formula is C19H24FNO3. The average molecular weight is 333 g/mol. The smallest absolute Gasteiger partial charge is 0.203 e. The zero-order valence-electron chi connectivity index (χ0n) is 14.8. The number of methoxy groups -OCH3 is 3. The highest BCUT2D eigenvalue weighted by atomic mass is 19.1. The highest BCUT2D eigenvalue weighted by Gasteiger charge is 2.19. The van der Waals surface area contributed by atoms with E-state index in [1.54, 1.807) is 21.3 Å². The highest BCUT2D eigenvalue weighted by molar-refractivity contribution is 5.55. The van der Waals surface area contributed by atoms with E-state index in [1.165, 1.54) is 12.1 Å². The Kier molecular flexibility index (Phi) is 6.04. The monoisotopic (exact) mass is 333 g/mol. The molecule has 24 heavy (non-hydrogen) atoms. The van der Waals surface area contributed by atoms with Crippen molar-refractivity contribution in [2.45, 2.75) is 19.5 Å². The Hall–Kier alpha value is -2.27. The first-order valence-corrected chi connectivity index (χ1v) is 7.75. The molecule has 2 aromatic rings. The molecule has 0 saturated carbocycles. The van der Waals surface area contributed by atoms with Crippen LogP contribution < -0.4 is 14.2 Å². The fourth-order valence-electron chi connectivity index (χ4n) is 2.69. The molecule has 0 bridgehead atoms. The van der Waals surface area contributed by atoms with E-state index in [9.17, 15) is 4.39 Å². The SMILES string of the molecule is COc1ccc(CN(C)[C@@H](C)c2ccc(F)cc2)c(OC)c1OC. The Labute approximate surface area is 142 Å². The van der Waals surface area contributed by atoms with Crippen LogP contribution in [0.4, 0.5) is 4.39 Å². The lowest BCUT2D eigenvalue weighted by atomic mass is 10.1. The summed E-state index contributed by atoms with van der Waals surface area (Å²) in [4.78, 5) is 2.16. The Morgan fingerprint density at radius 2 is 1.54 bits per heavy atom. The second-order valence-corrected chi connectivity index (χ2v) is 5.64. The van der Waals surface area contributed by atoms with E-state index in [-0.39, 0.29) is 11.9 Å². The summed E-state index contributed by atoms with van der Waals surface area (Å²) < 4.78 is 29.4. The van der Waals surface area contributed by atoms with Crippen LogP contribution >= 0.6 is 0 Å². The molecule has 2 rings (SSSR count). The van der Waals surface area contributed by atoms with Gasteiger partial charge in [-0.15, -0.1) is 0 Å². The maximum absolute atomic E-state index is 13.1. The van der Waals surface area contributed by atoms with Gasteiger partial charge in [0.15, 0.2) is 11.5 Å². The van der Waals surface area contributed by atoms with E-state index in [0.717, 1.165) is 11.1 Å². The standard InChI is InChI=1S/C19H24FNO3/c1-13(14-6-9-16(20)10-7-14)21(2)12-15-8-11-17(22-3)19(24-5)18(15)23-4/h6-11,13H,12H2,1-5H3/t13-/m0/s1. The number of benzene rings is 2. The van der Waals surface area contributed by atoms with Gasteiger partial charge in [-0.1, -0.05) is 18.2 Å². The minimum absolute atomic E-state index is 0.128. The minimum Gasteiger partial charge on any atom is -0.493 e. The summed E-state index contributed by atoms with van der Waals surface area (Å²) in [6.07, 6.45) is 0.